The number of anilines is 1. The van der Waals surface area contributed by atoms with Gasteiger partial charge < -0.3 is 10.5 Å². The van der Waals surface area contributed by atoms with Crippen molar-refractivity contribution in [2.24, 2.45) is 0 Å². The molecule has 0 atom stereocenters. The normalized spacial score (nSPS) is 10.1. The predicted octanol–water partition coefficient (Wildman–Crippen LogP) is 3.03. The summed E-state index contributed by atoms with van der Waals surface area (Å²) in [6, 6.07) is 13.1. The van der Waals surface area contributed by atoms with Crippen molar-refractivity contribution in [1.82, 2.24) is 0 Å². The standard InChI is InChI=1S/C15H15NO2/c1-10-13(4-3-5-14(10)16)11-6-8-12(9-7-11)15(17)18-2/h3-9H,16H2,1-2H3. The van der Waals surface area contributed by atoms with Crippen LogP contribution in [0, 0.1) is 6.92 Å². The summed E-state index contributed by atoms with van der Waals surface area (Å²) in [5, 5.41) is 0. The quantitative estimate of drug-likeness (QED) is 0.649. The zero-order valence-corrected chi connectivity index (χ0v) is 10.4. The first-order valence-corrected chi connectivity index (χ1v) is 5.67. The van der Waals surface area contributed by atoms with Crippen LogP contribution < -0.4 is 5.73 Å². The number of hydrogen-bond acceptors (Lipinski definition) is 3. The number of benzene rings is 2. The fourth-order valence-corrected chi connectivity index (χ4v) is 1.87. The molecule has 0 spiro atoms. The van der Waals surface area contributed by atoms with Crippen molar-refractivity contribution in [3.8, 4) is 11.1 Å². The SMILES string of the molecule is COC(=O)c1ccc(-c2cccc(N)c2C)cc1. The van der Waals surface area contributed by atoms with Crippen LogP contribution in [0.1, 0.15) is 15.9 Å². The van der Waals surface area contributed by atoms with E-state index in [2.05, 4.69) is 4.74 Å². The zero-order valence-electron chi connectivity index (χ0n) is 10.4. The molecule has 3 heteroatoms. The fraction of sp³-hybridized carbons (Fsp3) is 0.133. The van der Waals surface area contributed by atoms with E-state index in [0.29, 0.717) is 5.56 Å². The first-order valence-electron chi connectivity index (χ1n) is 5.67. The third-order valence-electron chi connectivity index (χ3n) is 2.99. The molecule has 0 aliphatic heterocycles. The maximum absolute atomic E-state index is 11.3. The molecule has 2 rings (SSSR count). The monoisotopic (exact) mass is 241 g/mol. The largest absolute Gasteiger partial charge is 0.465 e. The summed E-state index contributed by atoms with van der Waals surface area (Å²) in [5.74, 6) is -0.328. The Kier molecular flexibility index (Phi) is 3.33. The Morgan fingerprint density at radius 2 is 1.78 bits per heavy atom. The van der Waals surface area contributed by atoms with Crippen molar-refractivity contribution in [3.05, 3.63) is 53.6 Å². The summed E-state index contributed by atoms with van der Waals surface area (Å²) in [5.41, 5.74) is 10.4. The summed E-state index contributed by atoms with van der Waals surface area (Å²) in [6.07, 6.45) is 0. The van der Waals surface area contributed by atoms with Crippen LogP contribution in [-0.4, -0.2) is 13.1 Å². The van der Waals surface area contributed by atoms with E-state index in [1.807, 2.05) is 37.3 Å². The molecular weight excluding hydrogens is 226 g/mol. The molecule has 3 nitrogen and oxygen atoms in total. The molecule has 2 N–H and O–H groups in total. The number of rotatable bonds is 2. The smallest absolute Gasteiger partial charge is 0.337 e. The number of methoxy groups -OCH3 is 1. The van der Waals surface area contributed by atoms with Gasteiger partial charge in [0.05, 0.1) is 12.7 Å². The molecule has 92 valence electrons. The van der Waals surface area contributed by atoms with Gasteiger partial charge in [-0.25, -0.2) is 4.79 Å². The molecule has 2 aromatic rings. The van der Waals surface area contributed by atoms with E-state index in [0.717, 1.165) is 22.4 Å². The lowest BCUT2D eigenvalue weighted by Crippen LogP contribution is -2.00. The van der Waals surface area contributed by atoms with Crippen LogP contribution >= 0.6 is 0 Å². The topological polar surface area (TPSA) is 52.3 Å². The maximum Gasteiger partial charge on any atom is 0.337 e. The second-order valence-electron chi connectivity index (χ2n) is 4.09. The summed E-state index contributed by atoms with van der Waals surface area (Å²) in [4.78, 5) is 11.3. The first kappa shape index (κ1) is 12.2. The maximum atomic E-state index is 11.3. The highest BCUT2D eigenvalue weighted by atomic mass is 16.5. The average Bonchev–Trinajstić information content (AvgIpc) is 2.41. The van der Waals surface area contributed by atoms with Crippen LogP contribution in [0.25, 0.3) is 11.1 Å². The van der Waals surface area contributed by atoms with Crippen LogP contribution in [0.4, 0.5) is 5.69 Å². The molecule has 0 unspecified atom stereocenters. The number of carbonyl (C=O) groups is 1. The number of nitrogens with two attached hydrogens (primary N) is 1. The van der Waals surface area contributed by atoms with Crippen LogP contribution in [0.2, 0.25) is 0 Å². The molecule has 0 aliphatic rings. The lowest BCUT2D eigenvalue weighted by atomic mass is 9.98. The summed E-state index contributed by atoms with van der Waals surface area (Å²) >= 11 is 0. The molecule has 18 heavy (non-hydrogen) atoms. The van der Waals surface area contributed by atoms with Gasteiger partial charge in [-0.2, -0.15) is 0 Å². The second-order valence-corrected chi connectivity index (χ2v) is 4.09. The highest BCUT2D eigenvalue weighted by Crippen LogP contribution is 2.27. The first-order chi connectivity index (χ1) is 8.63. The molecular formula is C15H15NO2. The number of carbonyl (C=O) groups excluding carboxylic acids is 1. The molecule has 0 radical (unpaired) electrons. The van der Waals surface area contributed by atoms with Crippen LogP contribution in [0.3, 0.4) is 0 Å². The Bertz CT molecular complexity index is 574. The Labute approximate surface area is 106 Å². The summed E-state index contributed by atoms with van der Waals surface area (Å²) in [6.45, 7) is 1.99. The molecule has 0 saturated carbocycles. The number of ether oxygens (including phenoxy) is 1. The number of hydrogen-bond donors (Lipinski definition) is 1. The summed E-state index contributed by atoms with van der Waals surface area (Å²) < 4.78 is 4.67. The van der Waals surface area contributed by atoms with Gasteiger partial charge in [-0.1, -0.05) is 24.3 Å². The van der Waals surface area contributed by atoms with Gasteiger partial charge in [0.2, 0.25) is 0 Å². The van der Waals surface area contributed by atoms with Gasteiger partial charge in [0, 0.05) is 5.69 Å². The minimum absolute atomic E-state index is 0.328. The van der Waals surface area contributed by atoms with E-state index in [4.69, 9.17) is 5.73 Å². The van der Waals surface area contributed by atoms with Gasteiger partial charge in [-0.15, -0.1) is 0 Å². The zero-order chi connectivity index (χ0) is 13.1. The molecule has 0 aliphatic carbocycles. The number of nitrogen functional groups attached to an aromatic ring is 1. The van der Waals surface area contributed by atoms with Crippen molar-refractivity contribution in [2.45, 2.75) is 6.92 Å². The van der Waals surface area contributed by atoms with Gasteiger partial charge in [0.15, 0.2) is 0 Å². The third kappa shape index (κ3) is 2.20. The lowest BCUT2D eigenvalue weighted by Gasteiger charge is -2.09. The van der Waals surface area contributed by atoms with Gasteiger partial charge in [-0.05, 0) is 41.8 Å². The highest BCUT2D eigenvalue weighted by molar-refractivity contribution is 5.90. The third-order valence-corrected chi connectivity index (χ3v) is 2.99. The molecule has 0 aromatic heterocycles. The van der Waals surface area contributed by atoms with E-state index in [9.17, 15) is 4.79 Å². The van der Waals surface area contributed by atoms with E-state index in [1.54, 1.807) is 12.1 Å². The molecule has 2 aromatic carbocycles. The lowest BCUT2D eigenvalue weighted by molar-refractivity contribution is 0.0601. The van der Waals surface area contributed by atoms with Gasteiger partial charge in [0.1, 0.15) is 0 Å². The molecule has 0 heterocycles. The van der Waals surface area contributed by atoms with Crippen molar-refractivity contribution in [3.63, 3.8) is 0 Å². The Balaban J connectivity index is 2.40. The van der Waals surface area contributed by atoms with Crippen molar-refractivity contribution in [1.29, 1.82) is 0 Å². The minimum Gasteiger partial charge on any atom is -0.465 e. The van der Waals surface area contributed by atoms with Gasteiger partial charge in [0.25, 0.3) is 0 Å². The molecule has 0 fully saturated rings. The fourth-order valence-electron chi connectivity index (χ4n) is 1.87. The Morgan fingerprint density at radius 3 is 2.39 bits per heavy atom. The molecule has 0 saturated heterocycles. The van der Waals surface area contributed by atoms with Crippen molar-refractivity contribution >= 4 is 11.7 Å². The minimum atomic E-state index is -0.328. The van der Waals surface area contributed by atoms with Crippen LogP contribution in [0.15, 0.2) is 42.5 Å². The van der Waals surface area contributed by atoms with E-state index >= 15 is 0 Å². The highest BCUT2D eigenvalue weighted by Gasteiger charge is 2.07. The van der Waals surface area contributed by atoms with Crippen molar-refractivity contribution < 1.29 is 9.53 Å². The molecule has 0 amide bonds. The predicted molar refractivity (Wildman–Crippen MR) is 72.4 cm³/mol. The summed E-state index contributed by atoms with van der Waals surface area (Å²) in [7, 11) is 1.37. The van der Waals surface area contributed by atoms with Gasteiger partial charge in [-0.3, -0.25) is 0 Å². The Hall–Kier alpha value is -2.29. The Morgan fingerprint density at radius 1 is 1.11 bits per heavy atom. The van der Waals surface area contributed by atoms with Gasteiger partial charge >= 0.3 is 5.97 Å². The second kappa shape index (κ2) is 4.92. The van der Waals surface area contributed by atoms with Crippen LogP contribution in [-0.2, 0) is 4.74 Å². The average molecular weight is 241 g/mol. The number of esters is 1. The molecule has 0 bridgehead atoms. The van der Waals surface area contributed by atoms with E-state index < -0.39 is 0 Å². The van der Waals surface area contributed by atoms with Crippen LogP contribution in [0.5, 0.6) is 0 Å². The van der Waals surface area contributed by atoms with Crippen molar-refractivity contribution in [2.75, 3.05) is 12.8 Å². The van der Waals surface area contributed by atoms with E-state index in [1.165, 1.54) is 7.11 Å². The van der Waals surface area contributed by atoms with E-state index in [-0.39, 0.29) is 5.97 Å².